The topological polar surface area (TPSA) is 101 Å². The first-order valence-electron chi connectivity index (χ1n) is 3.19. The fourth-order valence-electron chi connectivity index (χ4n) is 0.556. The molecule has 0 rings (SSSR count). The van der Waals surface area contributed by atoms with E-state index in [0.29, 0.717) is 0 Å². The van der Waals surface area contributed by atoms with E-state index >= 15 is 0 Å². The lowest BCUT2D eigenvalue weighted by Crippen LogP contribution is -2.24. The molecule has 0 spiro atoms. The van der Waals surface area contributed by atoms with Crippen LogP contribution in [-0.2, 0) is 9.36 Å². The van der Waals surface area contributed by atoms with Crippen LogP contribution >= 0.6 is 7.37 Å². The molecule has 0 heterocycles. The summed E-state index contributed by atoms with van der Waals surface area (Å²) in [5.41, 5.74) is 5.17. The Balaban J connectivity index is 4.13. The van der Waals surface area contributed by atoms with Crippen molar-refractivity contribution in [2.45, 2.75) is 19.1 Å². The molecule has 66 valence electrons. The molecule has 0 aliphatic carbocycles. The minimum atomic E-state index is -3.42. The summed E-state index contributed by atoms with van der Waals surface area (Å²) in [7, 11) is -3.42. The molecule has 11 heavy (non-hydrogen) atoms. The standard InChI is InChI=1S/C5H12NO4P/c1-2-11(9,10)4(6)3-5(7)8/h4H,2-3,6H2,1H3,(H,7,8)(H,9,10). The number of carboxylic acid groups (broad SMARTS) is 1. The molecule has 6 heteroatoms. The number of carbonyl (C=O) groups is 1. The van der Waals surface area contributed by atoms with Gasteiger partial charge in [-0.3, -0.25) is 9.36 Å². The van der Waals surface area contributed by atoms with E-state index in [1.165, 1.54) is 6.92 Å². The van der Waals surface area contributed by atoms with E-state index in [2.05, 4.69) is 0 Å². The molecule has 0 saturated heterocycles. The fraction of sp³-hybridized carbons (Fsp3) is 0.800. The lowest BCUT2D eigenvalue weighted by Gasteiger charge is -2.14. The van der Waals surface area contributed by atoms with E-state index < -0.39 is 25.5 Å². The van der Waals surface area contributed by atoms with Gasteiger partial charge in [0, 0.05) is 6.16 Å². The Hall–Kier alpha value is -0.380. The Morgan fingerprint density at radius 2 is 2.18 bits per heavy atom. The largest absolute Gasteiger partial charge is 0.481 e. The fourth-order valence-corrected chi connectivity index (χ4v) is 1.47. The van der Waals surface area contributed by atoms with Gasteiger partial charge in [0.05, 0.1) is 12.2 Å². The van der Waals surface area contributed by atoms with Crippen LogP contribution < -0.4 is 5.73 Å². The Morgan fingerprint density at radius 1 is 1.73 bits per heavy atom. The van der Waals surface area contributed by atoms with Crippen LogP contribution in [0.15, 0.2) is 0 Å². The molecular formula is C5H12NO4P. The smallest absolute Gasteiger partial charge is 0.305 e. The molecule has 0 aliphatic heterocycles. The average molecular weight is 181 g/mol. The van der Waals surface area contributed by atoms with Gasteiger partial charge in [0.1, 0.15) is 0 Å². The third-order valence-corrected chi connectivity index (χ3v) is 3.48. The first-order chi connectivity index (χ1) is 4.90. The lowest BCUT2D eigenvalue weighted by molar-refractivity contribution is -0.137. The quantitative estimate of drug-likeness (QED) is 0.531. The molecule has 2 unspecified atom stereocenters. The Bertz CT molecular complexity index is 193. The number of carboxylic acids is 1. The van der Waals surface area contributed by atoms with Crippen LogP contribution in [0, 0.1) is 0 Å². The van der Waals surface area contributed by atoms with Crippen LogP contribution in [-0.4, -0.2) is 27.9 Å². The number of aliphatic carboxylic acids is 1. The Labute approximate surface area is 64.7 Å². The highest BCUT2D eigenvalue weighted by Gasteiger charge is 2.26. The minimum absolute atomic E-state index is 0.0153. The van der Waals surface area contributed by atoms with Gasteiger partial charge in [-0.15, -0.1) is 0 Å². The molecular weight excluding hydrogens is 169 g/mol. The maximum atomic E-state index is 11.0. The molecule has 0 aromatic rings. The van der Waals surface area contributed by atoms with Crippen LogP contribution in [0.2, 0.25) is 0 Å². The van der Waals surface area contributed by atoms with Crippen LogP contribution in [0.25, 0.3) is 0 Å². The minimum Gasteiger partial charge on any atom is -0.481 e. The SMILES string of the molecule is CCP(=O)(O)C(N)CC(=O)O. The molecule has 0 amide bonds. The summed E-state index contributed by atoms with van der Waals surface area (Å²) in [6.07, 6.45) is -0.441. The van der Waals surface area contributed by atoms with Crippen molar-refractivity contribution in [2.24, 2.45) is 5.73 Å². The highest BCUT2D eigenvalue weighted by molar-refractivity contribution is 7.58. The van der Waals surface area contributed by atoms with Crippen LogP contribution in [0.3, 0.4) is 0 Å². The first-order valence-corrected chi connectivity index (χ1v) is 5.10. The molecule has 0 aliphatic rings. The van der Waals surface area contributed by atoms with Crippen molar-refractivity contribution < 1.29 is 19.4 Å². The predicted octanol–water partition coefficient (Wildman–Crippen LogP) is 0.0362. The van der Waals surface area contributed by atoms with Crippen molar-refractivity contribution in [3.63, 3.8) is 0 Å². The van der Waals surface area contributed by atoms with E-state index in [-0.39, 0.29) is 6.16 Å². The van der Waals surface area contributed by atoms with Crippen LogP contribution in [0.4, 0.5) is 0 Å². The van der Waals surface area contributed by atoms with Gasteiger partial charge in [-0.05, 0) is 0 Å². The van der Waals surface area contributed by atoms with Gasteiger partial charge in [-0.2, -0.15) is 0 Å². The summed E-state index contributed by atoms with van der Waals surface area (Å²) < 4.78 is 11.0. The van der Waals surface area contributed by atoms with E-state index in [4.69, 9.17) is 15.7 Å². The number of hydrogen-bond acceptors (Lipinski definition) is 3. The summed E-state index contributed by atoms with van der Waals surface area (Å²) >= 11 is 0. The summed E-state index contributed by atoms with van der Waals surface area (Å²) in [5, 5.41) is 8.23. The zero-order valence-electron chi connectivity index (χ0n) is 6.23. The monoisotopic (exact) mass is 181 g/mol. The van der Waals surface area contributed by atoms with Crippen molar-refractivity contribution in [3.8, 4) is 0 Å². The van der Waals surface area contributed by atoms with Gasteiger partial charge < -0.3 is 15.7 Å². The van der Waals surface area contributed by atoms with Gasteiger partial charge in [-0.1, -0.05) is 6.92 Å². The predicted molar refractivity (Wildman–Crippen MR) is 40.6 cm³/mol. The van der Waals surface area contributed by atoms with Gasteiger partial charge in [0.2, 0.25) is 7.37 Å². The van der Waals surface area contributed by atoms with Crippen molar-refractivity contribution >= 4 is 13.3 Å². The zero-order chi connectivity index (χ0) is 9.07. The molecule has 0 bridgehead atoms. The molecule has 0 aromatic carbocycles. The van der Waals surface area contributed by atoms with Crippen LogP contribution in [0.1, 0.15) is 13.3 Å². The summed E-state index contributed by atoms with van der Waals surface area (Å²) in [6.45, 7) is 1.50. The van der Waals surface area contributed by atoms with Crippen molar-refractivity contribution in [1.29, 1.82) is 0 Å². The average Bonchev–Trinajstić information content (AvgIpc) is 1.86. The first kappa shape index (κ1) is 10.6. The normalized spacial score (nSPS) is 18.8. The van der Waals surface area contributed by atoms with Crippen molar-refractivity contribution in [1.82, 2.24) is 0 Å². The van der Waals surface area contributed by atoms with E-state index in [0.717, 1.165) is 0 Å². The number of nitrogens with two attached hydrogens (primary N) is 1. The molecule has 0 radical (unpaired) electrons. The Morgan fingerprint density at radius 3 is 2.45 bits per heavy atom. The van der Waals surface area contributed by atoms with Gasteiger partial charge >= 0.3 is 5.97 Å². The van der Waals surface area contributed by atoms with E-state index in [9.17, 15) is 9.36 Å². The molecule has 4 N–H and O–H groups in total. The van der Waals surface area contributed by atoms with Crippen LogP contribution in [0.5, 0.6) is 0 Å². The third-order valence-electron chi connectivity index (χ3n) is 1.36. The van der Waals surface area contributed by atoms with E-state index in [1.54, 1.807) is 0 Å². The van der Waals surface area contributed by atoms with Crippen molar-refractivity contribution in [3.05, 3.63) is 0 Å². The maximum Gasteiger partial charge on any atom is 0.305 e. The highest BCUT2D eigenvalue weighted by Crippen LogP contribution is 2.44. The molecule has 5 nitrogen and oxygen atoms in total. The second-order valence-corrected chi connectivity index (χ2v) is 5.04. The lowest BCUT2D eigenvalue weighted by atomic mass is 10.4. The van der Waals surface area contributed by atoms with Crippen molar-refractivity contribution in [2.75, 3.05) is 6.16 Å². The van der Waals surface area contributed by atoms with Gasteiger partial charge in [0.15, 0.2) is 0 Å². The second-order valence-electron chi connectivity index (χ2n) is 2.24. The molecule has 0 saturated carbocycles. The van der Waals surface area contributed by atoms with Gasteiger partial charge in [-0.25, -0.2) is 0 Å². The summed E-state index contributed by atoms with van der Waals surface area (Å²) in [5.74, 6) is -2.29. The third kappa shape index (κ3) is 3.51. The maximum absolute atomic E-state index is 11.0. The highest BCUT2D eigenvalue weighted by atomic mass is 31.2. The molecule has 2 atom stereocenters. The zero-order valence-corrected chi connectivity index (χ0v) is 7.12. The number of rotatable bonds is 4. The summed E-state index contributed by atoms with van der Waals surface area (Å²) in [6, 6.07) is 0. The number of hydrogen-bond donors (Lipinski definition) is 3. The Kier molecular flexibility index (Phi) is 3.72. The molecule has 0 aromatic heterocycles. The van der Waals surface area contributed by atoms with Gasteiger partial charge in [0.25, 0.3) is 0 Å². The summed E-state index contributed by atoms with van der Waals surface area (Å²) in [4.78, 5) is 19.1. The van der Waals surface area contributed by atoms with E-state index in [1.807, 2.05) is 0 Å². The molecule has 0 fully saturated rings. The second kappa shape index (κ2) is 3.85.